The van der Waals surface area contributed by atoms with E-state index in [1.54, 1.807) is 0 Å². The topological polar surface area (TPSA) is 35.5 Å². The van der Waals surface area contributed by atoms with Crippen LogP contribution in [0.25, 0.3) is 11.1 Å². The Bertz CT molecular complexity index is 674. The van der Waals surface area contributed by atoms with Crippen molar-refractivity contribution >= 4 is 5.97 Å². The zero-order valence-corrected chi connectivity index (χ0v) is 11.6. The number of aryl methyl sites for hydroxylation is 1. The second-order valence-corrected chi connectivity index (χ2v) is 4.91. The van der Waals surface area contributed by atoms with Crippen LogP contribution < -0.4 is 4.74 Å². The Morgan fingerprint density at radius 3 is 2.80 bits per heavy atom. The second-order valence-electron chi connectivity index (χ2n) is 4.91. The summed E-state index contributed by atoms with van der Waals surface area (Å²) in [5.74, 6) is 0.520. The summed E-state index contributed by atoms with van der Waals surface area (Å²) in [6, 6.07) is 12.0. The van der Waals surface area contributed by atoms with Crippen molar-refractivity contribution in [2.45, 2.75) is 13.3 Å². The summed E-state index contributed by atoms with van der Waals surface area (Å²) in [6.07, 6.45) is 0.872. The van der Waals surface area contributed by atoms with Gasteiger partial charge in [-0.15, -0.1) is 0 Å². The molecule has 0 amide bonds. The molecule has 2 aromatic carbocycles. The van der Waals surface area contributed by atoms with Gasteiger partial charge in [-0.25, -0.2) is 4.79 Å². The molecule has 1 aliphatic heterocycles. The number of benzene rings is 2. The van der Waals surface area contributed by atoms with Crippen LogP contribution in [0.3, 0.4) is 0 Å². The number of esters is 1. The van der Waals surface area contributed by atoms with Crippen molar-refractivity contribution in [3.63, 3.8) is 0 Å². The highest BCUT2D eigenvalue weighted by atomic mass is 16.5. The Hall–Kier alpha value is -2.29. The Morgan fingerprint density at radius 2 is 2.00 bits per heavy atom. The van der Waals surface area contributed by atoms with Gasteiger partial charge in [-0.05, 0) is 35.7 Å². The molecule has 0 radical (unpaired) electrons. The van der Waals surface area contributed by atoms with Gasteiger partial charge in [-0.3, -0.25) is 0 Å². The molecule has 0 fully saturated rings. The first kappa shape index (κ1) is 12.7. The van der Waals surface area contributed by atoms with E-state index in [1.165, 1.54) is 12.7 Å². The van der Waals surface area contributed by atoms with E-state index in [2.05, 4.69) is 12.1 Å². The number of rotatable bonds is 1. The number of methoxy groups -OCH3 is 1. The highest BCUT2D eigenvalue weighted by Gasteiger charge is 2.19. The van der Waals surface area contributed by atoms with E-state index in [-0.39, 0.29) is 5.97 Å². The van der Waals surface area contributed by atoms with Crippen LogP contribution in [-0.4, -0.2) is 19.7 Å². The SMILES string of the molecule is COC(=O)c1cc2c(cc1C)OCCc1ccccc1-2. The third-order valence-corrected chi connectivity index (χ3v) is 3.67. The second kappa shape index (κ2) is 5.00. The van der Waals surface area contributed by atoms with E-state index < -0.39 is 0 Å². The minimum atomic E-state index is -0.313. The Kier molecular flexibility index (Phi) is 3.18. The van der Waals surface area contributed by atoms with Crippen molar-refractivity contribution in [1.29, 1.82) is 0 Å². The van der Waals surface area contributed by atoms with Crippen LogP contribution in [0.4, 0.5) is 0 Å². The van der Waals surface area contributed by atoms with Gasteiger partial charge in [0.05, 0.1) is 19.3 Å². The zero-order chi connectivity index (χ0) is 14.1. The molecule has 3 rings (SSSR count). The number of carbonyl (C=O) groups is 1. The van der Waals surface area contributed by atoms with Crippen LogP contribution >= 0.6 is 0 Å². The molecule has 0 unspecified atom stereocenters. The molecule has 1 heterocycles. The summed E-state index contributed by atoms with van der Waals surface area (Å²) in [5.41, 5.74) is 4.79. The lowest BCUT2D eigenvalue weighted by Gasteiger charge is -2.12. The fraction of sp³-hybridized carbons (Fsp3) is 0.235. The molecule has 2 aromatic rings. The molecule has 0 N–H and O–H groups in total. The van der Waals surface area contributed by atoms with Crippen LogP contribution in [0.5, 0.6) is 5.75 Å². The largest absolute Gasteiger partial charge is 0.493 e. The van der Waals surface area contributed by atoms with E-state index in [9.17, 15) is 4.79 Å². The van der Waals surface area contributed by atoms with Gasteiger partial charge in [0.2, 0.25) is 0 Å². The first-order valence-corrected chi connectivity index (χ1v) is 6.64. The average Bonchev–Trinajstić information content (AvgIpc) is 2.64. The van der Waals surface area contributed by atoms with E-state index in [0.717, 1.165) is 28.9 Å². The van der Waals surface area contributed by atoms with Crippen LogP contribution in [0, 0.1) is 6.92 Å². The smallest absolute Gasteiger partial charge is 0.338 e. The van der Waals surface area contributed by atoms with Gasteiger partial charge in [-0.1, -0.05) is 24.3 Å². The molecule has 102 valence electrons. The summed E-state index contributed by atoms with van der Waals surface area (Å²) in [4.78, 5) is 11.9. The van der Waals surface area contributed by atoms with Crippen molar-refractivity contribution in [2.24, 2.45) is 0 Å². The number of fused-ring (bicyclic) bond motifs is 3. The quantitative estimate of drug-likeness (QED) is 0.744. The van der Waals surface area contributed by atoms with E-state index >= 15 is 0 Å². The van der Waals surface area contributed by atoms with Gasteiger partial charge in [0.25, 0.3) is 0 Å². The molecular formula is C17H16O3. The molecule has 0 saturated heterocycles. The number of carbonyl (C=O) groups excluding carboxylic acids is 1. The monoisotopic (exact) mass is 268 g/mol. The fourth-order valence-corrected chi connectivity index (χ4v) is 2.61. The summed E-state index contributed by atoms with van der Waals surface area (Å²) in [7, 11) is 1.40. The van der Waals surface area contributed by atoms with Gasteiger partial charge >= 0.3 is 5.97 Å². The van der Waals surface area contributed by atoms with Gasteiger partial charge in [0, 0.05) is 12.0 Å². The maximum absolute atomic E-state index is 11.9. The maximum atomic E-state index is 11.9. The lowest BCUT2D eigenvalue weighted by atomic mass is 9.95. The van der Waals surface area contributed by atoms with E-state index in [1.807, 2.05) is 31.2 Å². The molecule has 3 nitrogen and oxygen atoms in total. The standard InChI is InChI=1S/C17H16O3/c1-11-9-16-15(10-14(11)17(18)19-2)13-6-4-3-5-12(13)7-8-20-16/h3-6,9-10H,7-8H2,1-2H3. The first-order valence-electron chi connectivity index (χ1n) is 6.64. The summed E-state index contributed by atoms with van der Waals surface area (Å²) in [6.45, 7) is 2.55. The highest BCUT2D eigenvalue weighted by molar-refractivity contribution is 5.94. The molecule has 20 heavy (non-hydrogen) atoms. The van der Waals surface area contributed by atoms with Gasteiger partial charge in [0.1, 0.15) is 5.75 Å². The van der Waals surface area contributed by atoms with Gasteiger partial charge in [0.15, 0.2) is 0 Å². The molecule has 3 heteroatoms. The third-order valence-electron chi connectivity index (χ3n) is 3.67. The molecule has 0 atom stereocenters. The lowest BCUT2D eigenvalue weighted by Crippen LogP contribution is -2.05. The molecule has 1 aliphatic rings. The maximum Gasteiger partial charge on any atom is 0.338 e. The lowest BCUT2D eigenvalue weighted by molar-refractivity contribution is 0.0600. The number of hydrogen-bond donors (Lipinski definition) is 0. The molecule has 0 spiro atoms. The average molecular weight is 268 g/mol. The van der Waals surface area contributed by atoms with Gasteiger partial charge < -0.3 is 9.47 Å². The summed E-state index contributed by atoms with van der Waals surface area (Å²) in [5, 5.41) is 0. The predicted octanol–water partition coefficient (Wildman–Crippen LogP) is 3.38. The van der Waals surface area contributed by atoms with Crippen molar-refractivity contribution in [3.05, 3.63) is 53.1 Å². The van der Waals surface area contributed by atoms with Crippen molar-refractivity contribution in [2.75, 3.05) is 13.7 Å². The molecule has 0 aromatic heterocycles. The molecule has 0 saturated carbocycles. The van der Waals surface area contributed by atoms with Crippen LogP contribution in [0.2, 0.25) is 0 Å². The molecule has 0 aliphatic carbocycles. The van der Waals surface area contributed by atoms with Crippen molar-refractivity contribution in [1.82, 2.24) is 0 Å². The Labute approximate surface area is 118 Å². The van der Waals surface area contributed by atoms with Crippen LogP contribution in [0.15, 0.2) is 36.4 Å². The van der Waals surface area contributed by atoms with Crippen molar-refractivity contribution < 1.29 is 14.3 Å². The van der Waals surface area contributed by atoms with E-state index in [0.29, 0.717) is 12.2 Å². The molecular weight excluding hydrogens is 252 g/mol. The summed E-state index contributed by atoms with van der Waals surface area (Å²) >= 11 is 0. The Balaban J connectivity index is 2.23. The van der Waals surface area contributed by atoms with Crippen LogP contribution in [0.1, 0.15) is 21.5 Å². The van der Waals surface area contributed by atoms with Gasteiger partial charge in [-0.2, -0.15) is 0 Å². The fourth-order valence-electron chi connectivity index (χ4n) is 2.61. The number of ether oxygens (including phenoxy) is 2. The summed E-state index contributed by atoms with van der Waals surface area (Å²) < 4.78 is 10.7. The minimum Gasteiger partial charge on any atom is -0.493 e. The molecule has 0 bridgehead atoms. The van der Waals surface area contributed by atoms with Crippen molar-refractivity contribution in [3.8, 4) is 16.9 Å². The first-order chi connectivity index (χ1) is 9.70. The predicted molar refractivity (Wildman–Crippen MR) is 77.2 cm³/mol. The normalized spacial score (nSPS) is 12.7. The minimum absolute atomic E-state index is 0.313. The zero-order valence-electron chi connectivity index (χ0n) is 11.6. The highest BCUT2D eigenvalue weighted by Crippen LogP contribution is 2.37. The number of hydrogen-bond acceptors (Lipinski definition) is 3. The van der Waals surface area contributed by atoms with E-state index in [4.69, 9.17) is 9.47 Å². The van der Waals surface area contributed by atoms with Crippen LogP contribution in [-0.2, 0) is 11.2 Å². The third kappa shape index (κ3) is 2.05. The Morgan fingerprint density at radius 1 is 1.20 bits per heavy atom.